The van der Waals surface area contributed by atoms with Gasteiger partial charge in [-0.2, -0.15) is 0 Å². The Morgan fingerprint density at radius 2 is 1.87 bits per heavy atom. The third kappa shape index (κ3) is 4.37. The Morgan fingerprint density at radius 1 is 1.17 bits per heavy atom. The molecule has 1 aromatic heterocycles. The van der Waals surface area contributed by atoms with Gasteiger partial charge in [0.05, 0.1) is 6.61 Å². The number of nitrogens with zero attached hydrogens (tertiary/aromatic N) is 2. The number of rotatable bonds is 7. The molecule has 3 aromatic rings. The summed E-state index contributed by atoms with van der Waals surface area (Å²) in [6, 6.07) is 13.7. The Balaban J connectivity index is 1.91. The van der Waals surface area contributed by atoms with E-state index in [1.54, 1.807) is 19.9 Å². The number of carbonyl (C=O) groups is 1. The fourth-order valence-corrected chi connectivity index (χ4v) is 3.81. The van der Waals surface area contributed by atoms with Gasteiger partial charge in [-0.1, -0.05) is 18.2 Å². The van der Waals surface area contributed by atoms with E-state index in [1.807, 2.05) is 30.3 Å². The number of hydrogen-bond donors (Lipinski definition) is 1. The molecule has 30 heavy (non-hydrogen) atoms. The van der Waals surface area contributed by atoms with E-state index in [0.29, 0.717) is 23.9 Å². The summed E-state index contributed by atoms with van der Waals surface area (Å²) in [5.74, 6) is 0.406. The van der Waals surface area contributed by atoms with Crippen molar-refractivity contribution < 1.29 is 22.4 Å². The predicted molar refractivity (Wildman–Crippen MR) is 113 cm³/mol. The van der Waals surface area contributed by atoms with E-state index < -0.39 is 15.9 Å². The molecule has 0 spiro atoms. The highest BCUT2D eigenvalue weighted by Gasteiger charge is 2.24. The maximum absolute atomic E-state index is 12.8. The molecule has 1 heterocycles. The SMILES string of the molecule is CCOc1ccc(NC(=O)c2nc(-c3ccccc3)oc2C)cc1S(=O)(=O)N(C)C. The van der Waals surface area contributed by atoms with E-state index in [1.165, 1.54) is 26.2 Å². The zero-order valence-corrected chi connectivity index (χ0v) is 18.0. The van der Waals surface area contributed by atoms with Crippen LogP contribution in [-0.2, 0) is 10.0 Å². The van der Waals surface area contributed by atoms with E-state index in [0.717, 1.165) is 9.87 Å². The van der Waals surface area contributed by atoms with Gasteiger partial charge in [-0.25, -0.2) is 17.7 Å². The standard InChI is InChI=1S/C21H23N3O5S/c1-5-28-17-12-11-16(13-18(17)30(26,27)24(3)4)22-20(25)19-14(2)29-21(23-19)15-9-7-6-8-10-15/h6-13H,5H2,1-4H3,(H,22,25). The number of nitrogens with one attached hydrogen (secondary N) is 1. The molecule has 1 amide bonds. The second kappa shape index (κ2) is 8.68. The molecule has 0 aliphatic carbocycles. The van der Waals surface area contributed by atoms with Crippen molar-refractivity contribution in [3.8, 4) is 17.2 Å². The molecule has 158 valence electrons. The van der Waals surface area contributed by atoms with Gasteiger partial charge in [-0.3, -0.25) is 4.79 Å². The van der Waals surface area contributed by atoms with Crippen LogP contribution in [0.4, 0.5) is 5.69 Å². The van der Waals surface area contributed by atoms with Crippen LogP contribution < -0.4 is 10.1 Å². The number of oxazole rings is 1. The van der Waals surface area contributed by atoms with Crippen LogP contribution in [-0.4, -0.2) is 44.3 Å². The van der Waals surface area contributed by atoms with Gasteiger partial charge in [-0.15, -0.1) is 0 Å². The van der Waals surface area contributed by atoms with E-state index in [9.17, 15) is 13.2 Å². The van der Waals surface area contributed by atoms with Crippen LogP contribution in [0.5, 0.6) is 5.75 Å². The molecule has 0 atom stereocenters. The zero-order valence-electron chi connectivity index (χ0n) is 17.2. The average Bonchev–Trinajstić information content (AvgIpc) is 3.11. The zero-order chi connectivity index (χ0) is 21.9. The van der Waals surface area contributed by atoms with Crippen molar-refractivity contribution in [1.29, 1.82) is 0 Å². The van der Waals surface area contributed by atoms with Gasteiger partial charge in [0.1, 0.15) is 16.4 Å². The molecule has 0 aliphatic rings. The molecule has 0 fully saturated rings. The summed E-state index contributed by atoms with van der Waals surface area (Å²) in [5, 5.41) is 2.68. The maximum atomic E-state index is 12.8. The lowest BCUT2D eigenvalue weighted by molar-refractivity contribution is 0.102. The largest absolute Gasteiger partial charge is 0.492 e. The molecule has 2 aromatic carbocycles. The number of sulfonamides is 1. The van der Waals surface area contributed by atoms with E-state index >= 15 is 0 Å². The number of amides is 1. The van der Waals surface area contributed by atoms with E-state index in [2.05, 4.69) is 10.3 Å². The topological polar surface area (TPSA) is 102 Å². The summed E-state index contributed by atoms with van der Waals surface area (Å²) in [7, 11) is -0.908. The first kappa shape index (κ1) is 21.5. The molecule has 0 radical (unpaired) electrons. The van der Waals surface area contributed by atoms with Gasteiger partial charge in [0, 0.05) is 25.3 Å². The van der Waals surface area contributed by atoms with Crippen molar-refractivity contribution in [3.63, 3.8) is 0 Å². The third-order valence-corrected chi connectivity index (χ3v) is 6.13. The number of hydrogen-bond acceptors (Lipinski definition) is 6. The fourth-order valence-electron chi connectivity index (χ4n) is 2.76. The van der Waals surface area contributed by atoms with Crippen molar-refractivity contribution in [3.05, 3.63) is 60.0 Å². The Kier molecular flexibility index (Phi) is 6.23. The highest BCUT2D eigenvalue weighted by atomic mass is 32.2. The highest BCUT2D eigenvalue weighted by molar-refractivity contribution is 7.89. The molecule has 0 unspecified atom stereocenters. The summed E-state index contributed by atoms with van der Waals surface area (Å²) < 4.78 is 37.5. The lowest BCUT2D eigenvalue weighted by Gasteiger charge is -2.16. The van der Waals surface area contributed by atoms with Gasteiger partial charge in [0.25, 0.3) is 5.91 Å². The molecule has 8 nitrogen and oxygen atoms in total. The summed E-state index contributed by atoms with van der Waals surface area (Å²) in [6.07, 6.45) is 0. The quantitative estimate of drug-likeness (QED) is 0.616. The number of aryl methyl sites for hydroxylation is 1. The highest BCUT2D eigenvalue weighted by Crippen LogP contribution is 2.30. The van der Waals surface area contributed by atoms with Crippen LogP contribution in [0.3, 0.4) is 0 Å². The third-order valence-electron chi connectivity index (χ3n) is 4.29. The first-order chi connectivity index (χ1) is 14.2. The van der Waals surface area contributed by atoms with Gasteiger partial charge >= 0.3 is 0 Å². The number of benzene rings is 2. The minimum absolute atomic E-state index is 0.0333. The van der Waals surface area contributed by atoms with E-state index in [4.69, 9.17) is 9.15 Å². The Morgan fingerprint density at radius 3 is 2.50 bits per heavy atom. The predicted octanol–water partition coefficient (Wildman–Crippen LogP) is 3.55. The van der Waals surface area contributed by atoms with Crippen molar-refractivity contribution in [2.75, 3.05) is 26.0 Å². The van der Waals surface area contributed by atoms with Crippen LogP contribution in [0.1, 0.15) is 23.2 Å². The maximum Gasteiger partial charge on any atom is 0.277 e. The van der Waals surface area contributed by atoms with Gasteiger partial charge in [-0.05, 0) is 44.2 Å². The number of anilines is 1. The van der Waals surface area contributed by atoms with Gasteiger partial charge < -0.3 is 14.5 Å². The summed E-state index contributed by atoms with van der Waals surface area (Å²) >= 11 is 0. The van der Waals surface area contributed by atoms with Crippen molar-refractivity contribution in [2.45, 2.75) is 18.7 Å². The first-order valence-electron chi connectivity index (χ1n) is 9.27. The van der Waals surface area contributed by atoms with E-state index in [-0.39, 0.29) is 16.3 Å². The average molecular weight is 429 g/mol. The minimum Gasteiger partial charge on any atom is -0.492 e. The fraction of sp³-hybridized carbons (Fsp3) is 0.238. The minimum atomic E-state index is -3.77. The van der Waals surface area contributed by atoms with Crippen LogP contribution in [0, 0.1) is 6.92 Å². The van der Waals surface area contributed by atoms with Gasteiger partial charge in [0.2, 0.25) is 15.9 Å². The summed E-state index contributed by atoms with van der Waals surface area (Å²) in [6.45, 7) is 3.72. The molecular weight excluding hydrogens is 406 g/mol. The van der Waals surface area contributed by atoms with Crippen LogP contribution in [0.2, 0.25) is 0 Å². The normalized spacial score (nSPS) is 11.5. The Bertz CT molecular complexity index is 1150. The summed E-state index contributed by atoms with van der Waals surface area (Å²) in [4.78, 5) is 17.0. The van der Waals surface area contributed by atoms with Gasteiger partial charge in [0.15, 0.2) is 5.69 Å². The lowest BCUT2D eigenvalue weighted by atomic mass is 10.2. The van der Waals surface area contributed by atoms with Crippen LogP contribution >= 0.6 is 0 Å². The first-order valence-corrected chi connectivity index (χ1v) is 10.7. The van der Waals surface area contributed by atoms with Crippen molar-refractivity contribution >= 4 is 21.6 Å². The molecule has 0 saturated carbocycles. The number of carbonyl (C=O) groups excluding carboxylic acids is 1. The lowest BCUT2D eigenvalue weighted by Crippen LogP contribution is -2.23. The smallest absolute Gasteiger partial charge is 0.277 e. The van der Waals surface area contributed by atoms with Crippen molar-refractivity contribution in [2.24, 2.45) is 0 Å². The molecule has 0 bridgehead atoms. The molecule has 1 N–H and O–H groups in total. The molecule has 9 heteroatoms. The molecular formula is C21H23N3O5S. The Hall–Kier alpha value is -3.17. The van der Waals surface area contributed by atoms with Crippen molar-refractivity contribution in [1.82, 2.24) is 9.29 Å². The second-order valence-corrected chi connectivity index (χ2v) is 8.75. The summed E-state index contributed by atoms with van der Waals surface area (Å²) in [5.41, 5.74) is 1.17. The van der Waals surface area contributed by atoms with Crippen LogP contribution in [0.25, 0.3) is 11.5 Å². The molecule has 0 aliphatic heterocycles. The van der Waals surface area contributed by atoms with Crippen LogP contribution in [0.15, 0.2) is 57.8 Å². The second-order valence-electron chi connectivity index (χ2n) is 6.63. The number of aromatic nitrogens is 1. The Labute approximate surface area is 175 Å². The molecule has 0 saturated heterocycles. The monoisotopic (exact) mass is 429 g/mol. The molecule has 3 rings (SSSR count). The number of ether oxygens (including phenoxy) is 1.